The molecule has 0 atom stereocenters. The summed E-state index contributed by atoms with van der Waals surface area (Å²) in [4.78, 5) is 24.1. The van der Waals surface area contributed by atoms with Gasteiger partial charge in [-0.1, -0.05) is 24.3 Å². The van der Waals surface area contributed by atoms with E-state index in [4.69, 9.17) is 0 Å². The van der Waals surface area contributed by atoms with Crippen LogP contribution in [0.5, 0.6) is 0 Å². The van der Waals surface area contributed by atoms with Gasteiger partial charge in [0.25, 0.3) is 0 Å². The van der Waals surface area contributed by atoms with Gasteiger partial charge in [-0.15, -0.1) is 0 Å². The van der Waals surface area contributed by atoms with Gasteiger partial charge in [0.2, 0.25) is 0 Å². The number of ketones is 1. The first kappa shape index (κ1) is 13.3. The van der Waals surface area contributed by atoms with Crippen molar-refractivity contribution in [1.82, 2.24) is 0 Å². The summed E-state index contributed by atoms with van der Waals surface area (Å²) >= 11 is 2.10. The lowest BCUT2D eigenvalue weighted by Gasteiger charge is -2.10. The Morgan fingerprint density at radius 2 is 1.85 bits per heavy atom. The van der Waals surface area contributed by atoms with Crippen LogP contribution < -0.4 is 0 Å². The normalized spacial score (nSPS) is 13.3. The first-order chi connectivity index (χ1) is 9.59. The molecule has 4 heteroatoms. The van der Waals surface area contributed by atoms with Crippen molar-refractivity contribution in [1.29, 1.82) is 0 Å². The van der Waals surface area contributed by atoms with Crippen molar-refractivity contribution in [3.63, 3.8) is 0 Å². The largest absolute Gasteiger partial charge is 0.478 e. The number of hydrogen-bond acceptors (Lipinski definition) is 2. The molecule has 3 nitrogen and oxygen atoms in total. The summed E-state index contributed by atoms with van der Waals surface area (Å²) in [5.74, 6) is -1.04. The highest BCUT2D eigenvalue weighted by Crippen LogP contribution is 2.30. The van der Waals surface area contributed by atoms with E-state index in [1.54, 1.807) is 12.1 Å². The van der Waals surface area contributed by atoms with E-state index in [1.165, 1.54) is 0 Å². The molecule has 0 aromatic heterocycles. The van der Waals surface area contributed by atoms with Crippen LogP contribution in [0.2, 0.25) is 0 Å². The standard InChI is InChI=1S/C16H11IO3/c17-13-8-7-12(16(19)20)11-6-5-9-3-1-2-4-10(9)15(18)14(11)13/h1-4,7-8H,5-6H2,(H,19,20). The van der Waals surface area contributed by atoms with Gasteiger partial charge < -0.3 is 5.11 Å². The second kappa shape index (κ2) is 5.01. The third-order valence-electron chi connectivity index (χ3n) is 3.63. The maximum absolute atomic E-state index is 12.7. The van der Waals surface area contributed by atoms with Crippen LogP contribution in [-0.4, -0.2) is 16.9 Å². The first-order valence-electron chi connectivity index (χ1n) is 6.27. The highest BCUT2D eigenvalue weighted by Gasteiger charge is 2.26. The third-order valence-corrected chi connectivity index (χ3v) is 4.52. The van der Waals surface area contributed by atoms with E-state index < -0.39 is 5.97 Å². The molecule has 0 saturated heterocycles. The number of aromatic carboxylic acids is 1. The van der Waals surface area contributed by atoms with Crippen LogP contribution in [0.3, 0.4) is 0 Å². The van der Waals surface area contributed by atoms with Gasteiger partial charge in [-0.3, -0.25) is 4.79 Å². The van der Waals surface area contributed by atoms with Crippen molar-refractivity contribution in [3.05, 3.63) is 67.8 Å². The number of aryl methyl sites for hydroxylation is 1. The van der Waals surface area contributed by atoms with Crippen molar-refractivity contribution < 1.29 is 14.7 Å². The lowest BCUT2D eigenvalue weighted by Crippen LogP contribution is -2.11. The summed E-state index contributed by atoms with van der Waals surface area (Å²) < 4.78 is 0.810. The number of hydrogen-bond donors (Lipinski definition) is 1. The number of carbonyl (C=O) groups is 2. The highest BCUT2D eigenvalue weighted by atomic mass is 127. The molecule has 0 bridgehead atoms. The summed E-state index contributed by atoms with van der Waals surface area (Å²) in [6, 6.07) is 10.8. The number of carbonyl (C=O) groups excluding carboxylic acids is 1. The van der Waals surface area contributed by atoms with Crippen molar-refractivity contribution >= 4 is 34.3 Å². The monoisotopic (exact) mass is 378 g/mol. The van der Waals surface area contributed by atoms with Gasteiger partial charge in [0.1, 0.15) is 0 Å². The summed E-state index contributed by atoms with van der Waals surface area (Å²) in [5.41, 5.74) is 3.12. The number of fused-ring (bicyclic) bond motifs is 2. The quantitative estimate of drug-likeness (QED) is 0.775. The Labute approximate surface area is 129 Å². The Kier molecular flexibility index (Phi) is 3.33. The van der Waals surface area contributed by atoms with E-state index in [0.29, 0.717) is 29.5 Å². The maximum Gasteiger partial charge on any atom is 0.335 e. The van der Waals surface area contributed by atoms with Gasteiger partial charge >= 0.3 is 5.97 Å². The van der Waals surface area contributed by atoms with Crippen LogP contribution in [0.15, 0.2) is 36.4 Å². The van der Waals surface area contributed by atoms with E-state index in [-0.39, 0.29) is 11.3 Å². The minimum absolute atomic E-state index is 0.0689. The molecule has 2 aromatic rings. The SMILES string of the molecule is O=C(O)c1ccc(I)c2c1CCc1ccccc1C2=O. The highest BCUT2D eigenvalue weighted by molar-refractivity contribution is 14.1. The molecule has 0 saturated carbocycles. The molecule has 0 spiro atoms. The topological polar surface area (TPSA) is 54.4 Å². The van der Waals surface area contributed by atoms with Gasteiger partial charge in [0.15, 0.2) is 5.78 Å². The maximum atomic E-state index is 12.7. The van der Waals surface area contributed by atoms with Gasteiger partial charge in [-0.2, -0.15) is 0 Å². The summed E-state index contributed by atoms with van der Waals surface area (Å²) in [6.07, 6.45) is 1.27. The molecule has 0 radical (unpaired) electrons. The van der Waals surface area contributed by atoms with Gasteiger partial charge in [0, 0.05) is 14.7 Å². The fraction of sp³-hybridized carbons (Fsp3) is 0.125. The van der Waals surface area contributed by atoms with Crippen molar-refractivity contribution in [2.24, 2.45) is 0 Å². The van der Waals surface area contributed by atoms with Crippen LogP contribution in [0.4, 0.5) is 0 Å². The van der Waals surface area contributed by atoms with E-state index in [2.05, 4.69) is 22.6 Å². The molecule has 0 amide bonds. The summed E-state index contributed by atoms with van der Waals surface area (Å²) in [7, 11) is 0. The van der Waals surface area contributed by atoms with Crippen LogP contribution in [0.25, 0.3) is 0 Å². The van der Waals surface area contributed by atoms with Gasteiger partial charge in [-0.05, 0) is 58.7 Å². The van der Waals surface area contributed by atoms with Gasteiger partial charge in [-0.25, -0.2) is 4.79 Å². The summed E-state index contributed by atoms with van der Waals surface area (Å²) in [5, 5.41) is 9.31. The molecule has 0 fully saturated rings. The second-order valence-corrected chi connectivity index (χ2v) is 5.90. The number of carboxylic acid groups (broad SMARTS) is 1. The minimum atomic E-state index is -0.976. The fourth-order valence-electron chi connectivity index (χ4n) is 2.68. The van der Waals surface area contributed by atoms with Crippen molar-refractivity contribution in [2.75, 3.05) is 0 Å². The molecule has 2 aromatic carbocycles. The van der Waals surface area contributed by atoms with E-state index in [0.717, 1.165) is 9.13 Å². The molecular formula is C16H11IO3. The van der Waals surface area contributed by atoms with Crippen molar-refractivity contribution in [3.8, 4) is 0 Å². The lowest BCUT2D eigenvalue weighted by molar-refractivity contribution is 0.0695. The molecule has 0 aliphatic heterocycles. The van der Waals surface area contributed by atoms with Gasteiger partial charge in [0.05, 0.1) is 5.56 Å². The Hall–Kier alpha value is -1.69. The van der Waals surface area contributed by atoms with E-state index in [9.17, 15) is 14.7 Å². The average Bonchev–Trinajstić information content (AvgIpc) is 2.58. The van der Waals surface area contributed by atoms with Crippen LogP contribution >= 0.6 is 22.6 Å². The molecular weight excluding hydrogens is 367 g/mol. The number of halogens is 1. The number of benzene rings is 2. The zero-order chi connectivity index (χ0) is 14.3. The number of carboxylic acids is 1. The zero-order valence-electron chi connectivity index (χ0n) is 10.5. The Balaban J connectivity index is 2.29. The molecule has 1 aliphatic rings. The molecule has 1 aliphatic carbocycles. The molecule has 3 rings (SSSR count). The van der Waals surface area contributed by atoms with E-state index in [1.807, 2.05) is 24.3 Å². The molecule has 1 N–H and O–H groups in total. The van der Waals surface area contributed by atoms with Crippen LogP contribution in [0, 0.1) is 3.57 Å². The number of rotatable bonds is 1. The second-order valence-electron chi connectivity index (χ2n) is 4.74. The Bertz CT molecular complexity index is 734. The van der Waals surface area contributed by atoms with Crippen molar-refractivity contribution in [2.45, 2.75) is 12.8 Å². The predicted molar refractivity (Wildman–Crippen MR) is 83.4 cm³/mol. The summed E-state index contributed by atoms with van der Waals surface area (Å²) in [6.45, 7) is 0. The lowest BCUT2D eigenvalue weighted by atomic mass is 9.95. The Morgan fingerprint density at radius 1 is 1.10 bits per heavy atom. The molecule has 100 valence electrons. The van der Waals surface area contributed by atoms with Crippen LogP contribution in [0.1, 0.15) is 37.4 Å². The van der Waals surface area contributed by atoms with Crippen LogP contribution in [-0.2, 0) is 12.8 Å². The first-order valence-corrected chi connectivity index (χ1v) is 7.34. The molecule has 0 heterocycles. The smallest absolute Gasteiger partial charge is 0.335 e. The minimum Gasteiger partial charge on any atom is -0.478 e. The van der Waals surface area contributed by atoms with E-state index >= 15 is 0 Å². The molecule has 20 heavy (non-hydrogen) atoms. The molecule has 0 unspecified atom stereocenters. The fourth-order valence-corrected chi connectivity index (χ4v) is 3.43. The zero-order valence-corrected chi connectivity index (χ0v) is 12.7. The average molecular weight is 378 g/mol. The predicted octanol–water partition coefficient (Wildman–Crippen LogP) is 3.32. The third kappa shape index (κ3) is 2.04. The Morgan fingerprint density at radius 3 is 2.60 bits per heavy atom.